The van der Waals surface area contributed by atoms with E-state index in [2.05, 4.69) is 61.3 Å². The first-order valence-corrected chi connectivity index (χ1v) is 7.09. The van der Waals surface area contributed by atoms with Gasteiger partial charge in [0.15, 0.2) is 0 Å². The van der Waals surface area contributed by atoms with Crippen molar-refractivity contribution in [3.05, 3.63) is 35.9 Å². The van der Waals surface area contributed by atoms with E-state index in [0.717, 1.165) is 6.54 Å². The van der Waals surface area contributed by atoms with Gasteiger partial charge in [-0.05, 0) is 39.5 Å². The molecule has 1 saturated carbocycles. The van der Waals surface area contributed by atoms with Crippen LogP contribution in [0.15, 0.2) is 30.3 Å². The van der Waals surface area contributed by atoms with Gasteiger partial charge in [-0.15, -0.1) is 0 Å². The minimum Gasteiger partial charge on any atom is -0.305 e. The highest BCUT2D eigenvalue weighted by atomic mass is 15.2. The van der Waals surface area contributed by atoms with E-state index in [1.807, 2.05) is 0 Å². The molecule has 18 heavy (non-hydrogen) atoms. The molecule has 1 fully saturated rings. The fourth-order valence-corrected chi connectivity index (χ4v) is 3.20. The molecule has 0 amide bonds. The SMILES string of the molecule is CN(C)C1CCCCC1N(C)Cc1ccccc1. The summed E-state index contributed by atoms with van der Waals surface area (Å²) >= 11 is 0. The van der Waals surface area contributed by atoms with Crippen LogP contribution in [0.5, 0.6) is 0 Å². The fraction of sp³-hybridized carbons (Fsp3) is 0.625. The Bertz CT molecular complexity index is 347. The van der Waals surface area contributed by atoms with Crippen LogP contribution >= 0.6 is 0 Å². The predicted octanol–water partition coefficient (Wildman–Crippen LogP) is 2.99. The van der Waals surface area contributed by atoms with Crippen molar-refractivity contribution in [1.29, 1.82) is 0 Å². The van der Waals surface area contributed by atoms with Crippen LogP contribution in [0.25, 0.3) is 0 Å². The average molecular weight is 246 g/mol. The van der Waals surface area contributed by atoms with E-state index in [0.29, 0.717) is 12.1 Å². The first kappa shape index (κ1) is 13.6. The third-order valence-corrected chi connectivity index (χ3v) is 4.20. The van der Waals surface area contributed by atoms with Crippen molar-refractivity contribution >= 4 is 0 Å². The molecule has 0 heterocycles. The number of nitrogens with zero attached hydrogens (tertiary/aromatic N) is 2. The maximum atomic E-state index is 2.54. The lowest BCUT2D eigenvalue weighted by atomic mass is 9.88. The first-order valence-electron chi connectivity index (χ1n) is 7.09. The summed E-state index contributed by atoms with van der Waals surface area (Å²) in [7, 11) is 6.72. The summed E-state index contributed by atoms with van der Waals surface area (Å²) in [5, 5.41) is 0. The number of rotatable bonds is 4. The summed E-state index contributed by atoms with van der Waals surface area (Å²) in [5.74, 6) is 0. The van der Waals surface area contributed by atoms with Gasteiger partial charge in [0.1, 0.15) is 0 Å². The van der Waals surface area contributed by atoms with E-state index >= 15 is 0 Å². The van der Waals surface area contributed by atoms with Gasteiger partial charge < -0.3 is 4.90 Å². The summed E-state index contributed by atoms with van der Waals surface area (Å²) in [5.41, 5.74) is 1.42. The van der Waals surface area contributed by atoms with Crippen LogP contribution in [0.2, 0.25) is 0 Å². The second-order valence-electron chi connectivity index (χ2n) is 5.78. The molecule has 0 saturated heterocycles. The number of hydrogen-bond donors (Lipinski definition) is 0. The zero-order valence-electron chi connectivity index (χ0n) is 12.0. The molecule has 0 N–H and O–H groups in total. The molecule has 0 bridgehead atoms. The molecule has 2 unspecified atom stereocenters. The quantitative estimate of drug-likeness (QED) is 0.806. The van der Waals surface area contributed by atoms with Crippen molar-refractivity contribution in [3.8, 4) is 0 Å². The van der Waals surface area contributed by atoms with Crippen molar-refractivity contribution < 1.29 is 0 Å². The smallest absolute Gasteiger partial charge is 0.0251 e. The summed E-state index contributed by atoms with van der Waals surface area (Å²) < 4.78 is 0. The molecule has 1 aliphatic rings. The van der Waals surface area contributed by atoms with Gasteiger partial charge in [0.05, 0.1) is 0 Å². The van der Waals surface area contributed by atoms with Crippen LogP contribution in [0.3, 0.4) is 0 Å². The van der Waals surface area contributed by atoms with E-state index in [9.17, 15) is 0 Å². The maximum absolute atomic E-state index is 2.54. The van der Waals surface area contributed by atoms with Gasteiger partial charge in [0, 0.05) is 18.6 Å². The van der Waals surface area contributed by atoms with E-state index in [-0.39, 0.29) is 0 Å². The standard InChI is InChI=1S/C16H26N2/c1-17(2)15-11-7-8-12-16(15)18(3)13-14-9-5-4-6-10-14/h4-6,9-10,15-16H,7-8,11-13H2,1-3H3. The third-order valence-electron chi connectivity index (χ3n) is 4.20. The second-order valence-corrected chi connectivity index (χ2v) is 5.78. The van der Waals surface area contributed by atoms with Gasteiger partial charge in [0.25, 0.3) is 0 Å². The molecular formula is C16H26N2. The van der Waals surface area contributed by atoms with Gasteiger partial charge in [0.2, 0.25) is 0 Å². The average Bonchev–Trinajstić information content (AvgIpc) is 2.40. The molecule has 100 valence electrons. The van der Waals surface area contributed by atoms with Gasteiger partial charge in [-0.2, -0.15) is 0 Å². The lowest BCUT2D eigenvalue weighted by Gasteiger charge is -2.41. The Morgan fingerprint density at radius 2 is 1.56 bits per heavy atom. The van der Waals surface area contributed by atoms with Crippen LogP contribution in [0.4, 0.5) is 0 Å². The number of hydrogen-bond acceptors (Lipinski definition) is 2. The monoisotopic (exact) mass is 246 g/mol. The Morgan fingerprint density at radius 3 is 2.17 bits per heavy atom. The molecule has 1 aliphatic carbocycles. The fourth-order valence-electron chi connectivity index (χ4n) is 3.20. The largest absolute Gasteiger partial charge is 0.305 e. The summed E-state index contributed by atoms with van der Waals surface area (Å²) in [4.78, 5) is 4.95. The van der Waals surface area contributed by atoms with Crippen LogP contribution in [0.1, 0.15) is 31.2 Å². The molecule has 0 spiro atoms. The number of benzene rings is 1. The maximum Gasteiger partial charge on any atom is 0.0251 e. The third kappa shape index (κ3) is 3.33. The molecule has 1 aromatic rings. The Balaban J connectivity index is 2.00. The van der Waals surface area contributed by atoms with Crippen molar-refractivity contribution in [2.24, 2.45) is 0 Å². The second kappa shape index (κ2) is 6.35. The van der Waals surface area contributed by atoms with Crippen LogP contribution in [-0.2, 0) is 6.54 Å². The molecular weight excluding hydrogens is 220 g/mol. The van der Waals surface area contributed by atoms with Crippen molar-refractivity contribution in [2.75, 3.05) is 21.1 Å². The van der Waals surface area contributed by atoms with Gasteiger partial charge in [-0.3, -0.25) is 4.90 Å². The van der Waals surface area contributed by atoms with E-state index in [4.69, 9.17) is 0 Å². The van der Waals surface area contributed by atoms with Gasteiger partial charge in [-0.1, -0.05) is 43.2 Å². The Labute approximate surface area is 112 Å². The van der Waals surface area contributed by atoms with Crippen molar-refractivity contribution in [1.82, 2.24) is 9.80 Å². The Kier molecular flexibility index (Phi) is 4.79. The molecule has 2 rings (SSSR count). The Hall–Kier alpha value is -0.860. The zero-order valence-corrected chi connectivity index (χ0v) is 12.0. The summed E-state index contributed by atoms with van der Waals surface area (Å²) in [6.45, 7) is 1.07. The van der Waals surface area contributed by atoms with Crippen molar-refractivity contribution in [3.63, 3.8) is 0 Å². The summed E-state index contributed by atoms with van der Waals surface area (Å²) in [6.07, 6.45) is 5.45. The van der Waals surface area contributed by atoms with E-state index in [1.165, 1.54) is 31.2 Å². The summed E-state index contributed by atoms with van der Waals surface area (Å²) in [6, 6.07) is 12.2. The molecule has 2 nitrogen and oxygen atoms in total. The highest BCUT2D eigenvalue weighted by Crippen LogP contribution is 2.26. The molecule has 1 aromatic carbocycles. The molecule has 0 aromatic heterocycles. The van der Waals surface area contributed by atoms with Crippen LogP contribution < -0.4 is 0 Å². The van der Waals surface area contributed by atoms with Gasteiger partial charge >= 0.3 is 0 Å². The topological polar surface area (TPSA) is 6.48 Å². The van der Waals surface area contributed by atoms with Crippen LogP contribution in [-0.4, -0.2) is 43.0 Å². The Morgan fingerprint density at radius 1 is 0.944 bits per heavy atom. The zero-order chi connectivity index (χ0) is 13.0. The lowest BCUT2D eigenvalue weighted by Crippen LogP contribution is -2.49. The van der Waals surface area contributed by atoms with E-state index < -0.39 is 0 Å². The van der Waals surface area contributed by atoms with E-state index in [1.54, 1.807) is 0 Å². The van der Waals surface area contributed by atoms with Gasteiger partial charge in [-0.25, -0.2) is 0 Å². The molecule has 2 atom stereocenters. The van der Waals surface area contributed by atoms with Crippen LogP contribution in [0, 0.1) is 0 Å². The normalized spacial score (nSPS) is 24.7. The predicted molar refractivity (Wildman–Crippen MR) is 77.6 cm³/mol. The molecule has 0 radical (unpaired) electrons. The number of likely N-dealkylation sites (N-methyl/N-ethyl adjacent to an activating group) is 2. The highest BCUT2D eigenvalue weighted by Gasteiger charge is 2.29. The molecule has 2 heteroatoms. The molecule has 0 aliphatic heterocycles. The lowest BCUT2D eigenvalue weighted by molar-refractivity contribution is 0.0877. The first-order chi connectivity index (χ1) is 8.68. The minimum atomic E-state index is 0.703. The minimum absolute atomic E-state index is 0.703. The highest BCUT2D eigenvalue weighted by molar-refractivity contribution is 5.14. The van der Waals surface area contributed by atoms with Crippen molar-refractivity contribution in [2.45, 2.75) is 44.3 Å².